The molecule has 1 atom stereocenters. The summed E-state index contributed by atoms with van der Waals surface area (Å²) in [6, 6.07) is 6.45. The number of nitrogens with two attached hydrogens (primary N) is 1. The van der Waals surface area contributed by atoms with Gasteiger partial charge >= 0.3 is 0 Å². The fourth-order valence-corrected chi connectivity index (χ4v) is 2.71. The van der Waals surface area contributed by atoms with Crippen molar-refractivity contribution in [1.29, 1.82) is 0 Å². The van der Waals surface area contributed by atoms with E-state index in [1.807, 2.05) is 0 Å². The number of rotatable bonds is 3. The smallest absolute Gasteiger partial charge is 0.0441 e. The predicted molar refractivity (Wildman–Crippen MR) is 69.7 cm³/mol. The summed E-state index contributed by atoms with van der Waals surface area (Å²) < 4.78 is 0. The molecule has 2 heteroatoms. The topological polar surface area (TPSA) is 29.3 Å². The van der Waals surface area contributed by atoms with Crippen molar-refractivity contribution in [1.82, 2.24) is 0 Å². The Kier molecular flexibility index (Phi) is 3.49. The van der Waals surface area contributed by atoms with E-state index < -0.39 is 0 Å². The van der Waals surface area contributed by atoms with Crippen LogP contribution >= 0.6 is 0 Å². The molecule has 0 spiro atoms. The largest absolute Gasteiger partial charge is 0.371 e. The van der Waals surface area contributed by atoms with E-state index >= 15 is 0 Å². The predicted octanol–water partition coefficient (Wildman–Crippen LogP) is 2.69. The van der Waals surface area contributed by atoms with Crippen LogP contribution in [-0.4, -0.2) is 13.1 Å². The average molecular weight is 218 g/mol. The van der Waals surface area contributed by atoms with Gasteiger partial charge in [-0.15, -0.1) is 0 Å². The zero-order chi connectivity index (χ0) is 11.5. The minimum atomic E-state index is 0.643. The second kappa shape index (κ2) is 4.88. The lowest BCUT2D eigenvalue weighted by molar-refractivity contribution is 0.569. The third-order valence-corrected chi connectivity index (χ3v) is 3.72. The third-order valence-electron chi connectivity index (χ3n) is 3.72. The number of benzene rings is 1. The molecule has 0 radical (unpaired) electrons. The maximum absolute atomic E-state index is 5.83. The third kappa shape index (κ3) is 2.07. The molecule has 1 aliphatic heterocycles. The van der Waals surface area contributed by atoms with Crippen LogP contribution in [0.1, 0.15) is 30.9 Å². The van der Waals surface area contributed by atoms with Gasteiger partial charge in [-0.05, 0) is 30.4 Å². The van der Waals surface area contributed by atoms with Crippen LogP contribution in [0.25, 0.3) is 0 Å². The molecule has 0 aliphatic carbocycles. The van der Waals surface area contributed by atoms with Crippen molar-refractivity contribution in [2.75, 3.05) is 18.0 Å². The maximum atomic E-state index is 5.83. The SMILES string of the molecule is CCC1CCN(c2c(C)cccc2CN)C1. The summed E-state index contributed by atoms with van der Waals surface area (Å²) >= 11 is 0. The Hall–Kier alpha value is -1.02. The Morgan fingerprint density at radius 3 is 2.88 bits per heavy atom. The van der Waals surface area contributed by atoms with E-state index in [-0.39, 0.29) is 0 Å². The molecule has 1 aromatic rings. The molecule has 0 bridgehead atoms. The fourth-order valence-electron chi connectivity index (χ4n) is 2.71. The molecular formula is C14H22N2. The summed E-state index contributed by atoms with van der Waals surface area (Å²) in [5.74, 6) is 0.866. The van der Waals surface area contributed by atoms with Gasteiger partial charge in [0.05, 0.1) is 0 Å². The highest BCUT2D eigenvalue weighted by Crippen LogP contribution is 2.30. The zero-order valence-electron chi connectivity index (χ0n) is 10.4. The van der Waals surface area contributed by atoms with E-state index in [4.69, 9.17) is 5.73 Å². The van der Waals surface area contributed by atoms with Crippen molar-refractivity contribution in [3.8, 4) is 0 Å². The van der Waals surface area contributed by atoms with Gasteiger partial charge in [0.25, 0.3) is 0 Å². The summed E-state index contributed by atoms with van der Waals surface area (Å²) in [6.07, 6.45) is 2.62. The minimum Gasteiger partial charge on any atom is -0.371 e. The fraction of sp³-hybridized carbons (Fsp3) is 0.571. The summed E-state index contributed by atoms with van der Waals surface area (Å²) in [5, 5.41) is 0. The first-order valence-electron chi connectivity index (χ1n) is 6.29. The van der Waals surface area contributed by atoms with Crippen molar-refractivity contribution in [2.45, 2.75) is 33.2 Å². The Balaban J connectivity index is 2.26. The molecule has 0 amide bonds. The second-order valence-corrected chi connectivity index (χ2v) is 4.80. The van der Waals surface area contributed by atoms with Gasteiger partial charge in [0, 0.05) is 25.3 Å². The number of aryl methyl sites for hydroxylation is 1. The van der Waals surface area contributed by atoms with Crippen LogP contribution in [0, 0.1) is 12.8 Å². The van der Waals surface area contributed by atoms with E-state index in [1.165, 1.54) is 42.7 Å². The molecule has 1 unspecified atom stereocenters. The van der Waals surface area contributed by atoms with Crippen LogP contribution in [-0.2, 0) is 6.54 Å². The Morgan fingerprint density at radius 1 is 1.44 bits per heavy atom. The number of para-hydroxylation sites is 1. The lowest BCUT2D eigenvalue weighted by Gasteiger charge is -2.24. The van der Waals surface area contributed by atoms with Crippen LogP contribution in [0.5, 0.6) is 0 Å². The quantitative estimate of drug-likeness (QED) is 0.845. The molecule has 16 heavy (non-hydrogen) atoms. The number of hydrogen-bond acceptors (Lipinski definition) is 2. The molecule has 0 saturated carbocycles. The van der Waals surface area contributed by atoms with Crippen molar-refractivity contribution in [3.63, 3.8) is 0 Å². The number of nitrogens with zero attached hydrogens (tertiary/aromatic N) is 1. The van der Waals surface area contributed by atoms with E-state index in [0.717, 1.165) is 5.92 Å². The summed E-state index contributed by atoms with van der Waals surface area (Å²) in [6.45, 7) is 7.51. The van der Waals surface area contributed by atoms with Gasteiger partial charge in [-0.3, -0.25) is 0 Å². The molecular weight excluding hydrogens is 196 g/mol. The minimum absolute atomic E-state index is 0.643. The van der Waals surface area contributed by atoms with Crippen molar-refractivity contribution < 1.29 is 0 Å². The normalized spacial score (nSPS) is 20.4. The van der Waals surface area contributed by atoms with E-state index in [2.05, 4.69) is 36.9 Å². The number of anilines is 1. The monoisotopic (exact) mass is 218 g/mol. The van der Waals surface area contributed by atoms with Crippen molar-refractivity contribution >= 4 is 5.69 Å². The molecule has 0 aromatic heterocycles. The Morgan fingerprint density at radius 2 is 2.25 bits per heavy atom. The first-order valence-corrected chi connectivity index (χ1v) is 6.29. The standard InChI is InChI=1S/C14H22N2/c1-3-12-7-8-16(10-12)14-11(2)5-4-6-13(14)9-15/h4-6,12H,3,7-10,15H2,1-2H3. The van der Waals surface area contributed by atoms with Crippen LogP contribution in [0.3, 0.4) is 0 Å². The maximum Gasteiger partial charge on any atom is 0.0441 e. The van der Waals surface area contributed by atoms with Crippen molar-refractivity contribution in [2.24, 2.45) is 11.7 Å². The first-order chi connectivity index (χ1) is 7.76. The molecule has 2 nitrogen and oxygen atoms in total. The van der Waals surface area contributed by atoms with Gasteiger partial charge in [-0.1, -0.05) is 31.5 Å². The van der Waals surface area contributed by atoms with Crippen LogP contribution in [0.2, 0.25) is 0 Å². The highest BCUT2D eigenvalue weighted by molar-refractivity contribution is 5.60. The second-order valence-electron chi connectivity index (χ2n) is 4.80. The van der Waals surface area contributed by atoms with Gasteiger partial charge < -0.3 is 10.6 Å². The van der Waals surface area contributed by atoms with Crippen LogP contribution < -0.4 is 10.6 Å². The molecule has 2 N–H and O–H groups in total. The highest BCUT2D eigenvalue weighted by Gasteiger charge is 2.23. The van der Waals surface area contributed by atoms with E-state index in [9.17, 15) is 0 Å². The van der Waals surface area contributed by atoms with Gasteiger partial charge in [-0.2, -0.15) is 0 Å². The van der Waals surface area contributed by atoms with Crippen molar-refractivity contribution in [3.05, 3.63) is 29.3 Å². The van der Waals surface area contributed by atoms with Crippen LogP contribution in [0.4, 0.5) is 5.69 Å². The highest BCUT2D eigenvalue weighted by atomic mass is 15.2. The van der Waals surface area contributed by atoms with E-state index in [1.54, 1.807) is 0 Å². The lowest BCUT2D eigenvalue weighted by Crippen LogP contribution is -2.22. The molecule has 2 rings (SSSR count). The molecule has 88 valence electrons. The summed E-state index contributed by atoms with van der Waals surface area (Å²) in [7, 11) is 0. The van der Waals surface area contributed by atoms with Crippen LogP contribution in [0.15, 0.2) is 18.2 Å². The Bertz CT molecular complexity index is 360. The molecule has 1 aliphatic rings. The summed E-state index contributed by atoms with van der Waals surface area (Å²) in [5.41, 5.74) is 9.87. The van der Waals surface area contributed by atoms with E-state index in [0.29, 0.717) is 6.54 Å². The molecule has 1 fully saturated rings. The number of hydrogen-bond donors (Lipinski definition) is 1. The molecule has 1 saturated heterocycles. The average Bonchev–Trinajstić information content (AvgIpc) is 2.76. The molecule has 1 aromatic carbocycles. The van der Waals surface area contributed by atoms with Gasteiger partial charge in [0.2, 0.25) is 0 Å². The van der Waals surface area contributed by atoms with Gasteiger partial charge in [-0.25, -0.2) is 0 Å². The first kappa shape index (κ1) is 11.5. The lowest BCUT2D eigenvalue weighted by atomic mass is 10.1. The molecule has 1 heterocycles. The zero-order valence-corrected chi connectivity index (χ0v) is 10.4. The summed E-state index contributed by atoms with van der Waals surface area (Å²) in [4.78, 5) is 2.52. The van der Waals surface area contributed by atoms with Gasteiger partial charge in [0.1, 0.15) is 0 Å². The Labute approximate surface area is 98.4 Å². The van der Waals surface area contributed by atoms with Gasteiger partial charge in [0.15, 0.2) is 0 Å².